The number of fused-ring (bicyclic) bond motifs is 1. The van der Waals surface area contributed by atoms with Crippen LogP contribution in [0, 0.1) is 0 Å². The fourth-order valence-corrected chi connectivity index (χ4v) is 4.32. The van der Waals surface area contributed by atoms with E-state index < -0.39 is 17.6 Å². The van der Waals surface area contributed by atoms with Crippen LogP contribution in [0.2, 0.25) is 0 Å². The van der Waals surface area contributed by atoms with Crippen LogP contribution in [0.25, 0.3) is 22.0 Å². The second kappa shape index (κ2) is 11.5. The lowest BCUT2D eigenvalue weighted by Crippen LogP contribution is -2.22. The van der Waals surface area contributed by atoms with Crippen molar-refractivity contribution in [1.29, 1.82) is 0 Å². The topological polar surface area (TPSA) is 80.3 Å². The number of amides is 2. The van der Waals surface area contributed by atoms with Gasteiger partial charge in [0, 0.05) is 29.4 Å². The first kappa shape index (κ1) is 27.4. The molecule has 2 N–H and O–H groups in total. The van der Waals surface area contributed by atoms with Crippen LogP contribution in [0.4, 0.5) is 18.9 Å². The number of alkyl halides is 3. The molecule has 41 heavy (non-hydrogen) atoms. The van der Waals surface area contributed by atoms with Gasteiger partial charge in [-0.3, -0.25) is 14.6 Å². The third-order valence-electron chi connectivity index (χ3n) is 6.51. The summed E-state index contributed by atoms with van der Waals surface area (Å²) >= 11 is 0. The summed E-state index contributed by atoms with van der Waals surface area (Å²) in [5, 5.41) is 6.42. The van der Waals surface area contributed by atoms with Crippen LogP contribution in [0.1, 0.15) is 31.8 Å². The van der Waals surface area contributed by atoms with Crippen molar-refractivity contribution >= 4 is 28.4 Å². The van der Waals surface area contributed by atoms with Crippen molar-refractivity contribution in [2.45, 2.75) is 12.7 Å². The molecule has 0 unspecified atom stereocenters. The summed E-state index contributed by atoms with van der Waals surface area (Å²) in [6.45, 7) is 0.347. The maximum atomic E-state index is 13.2. The first-order valence-corrected chi connectivity index (χ1v) is 12.6. The lowest BCUT2D eigenvalue weighted by molar-refractivity contribution is -0.137. The van der Waals surface area contributed by atoms with Crippen LogP contribution in [-0.4, -0.2) is 23.9 Å². The molecule has 0 radical (unpaired) electrons. The Kier molecular flexibility index (Phi) is 7.69. The van der Waals surface area contributed by atoms with Crippen molar-refractivity contribution in [2.24, 2.45) is 0 Å². The maximum absolute atomic E-state index is 13.2. The lowest BCUT2D eigenvalue weighted by atomic mass is 9.98. The number of carbonyl (C=O) groups excluding carboxylic acids is 2. The molecular formula is C32H24F3N3O3. The number of benzene rings is 4. The quantitative estimate of drug-likeness (QED) is 0.224. The number of anilines is 1. The van der Waals surface area contributed by atoms with Crippen molar-refractivity contribution < 1.29 is 27.5 Å². The van der Waals surface area contributed by atoms with Crippen molar-refractivity contribution in [2.75, 3.05) is 12.4 Å². The summed E-state index contributed by atoms with van der Waals surface area (Å²) in [5.74, 6) is 0.0413. The highest BCUT2D eigenvalue weighted by Crippen LogP contribution is 2.32. The summed E-state index contributed by atoms with van der Waals surface area (Å²) in [4.78, 5) is 30.2. The molecule has 2 amide bonds. The average molecular weight is 556 g/mol. The number of methoxy groups -OCH3 is 1. The molecule has 1 heterocycles. The summed E-state index contributed by atoms with van der Waals surface area (Å²) in [6.07, 6.45) is -2.97. The Balaban J connectivity index is 1.29. The molecule has 0 bridgehead atoms. The van der Waals surface area contributed by atoms with Gasteiger partial charge in [-0.2, -0.15) is 13.2 Å². The van der Waals surface area contributed by atoms with Gasteiger partial charge in [-0.15, -0.1) is 0 Å². The minimum absolute atomic E-state index is 0.271. The van der Waals surface area contributed by atoms with Gasteiger partial charge < -0.3 is 15.4 Å². The molecule has 5 aromatic rings. The maximum Gasteiger partial charge on any atom is 0.416 e. The van der Waals surface area contributed by atoms with E-state index >= 15 is 0 Å². The summed E-state index contributed by atoms with van der Waals surface area (Å²) in [6, 6.07) is 25.6. The zero-order chi connectivity index (χ0) is 29.0. The normalized spacial score (nSPS) is 11.2. The predicted molar refractivity (Wildman–Crippen MR) is 151 cm³/mol. The van der Waals surface area contributed by atoms with Gasteiger partial charge in [0.05, 0.1) is 23.8 Å². The zero-order valence-corrected chi connectivity index (χ0v) is 21.8. The van der Waals surface area contributed by atoms with Crippen LogP contribution < -0.4 is 15.4 Å². The lowest BCUT2D eigenvalue weighted by Gasteiger charge is -2.12. The highest BCUT2D eigenvalue weighted by atomic mass is 19.4. The highest BCUT2D eigenvalue weighted by Gasteiger charge is 2.30. The van der Waals surface area contributed by atoms with Gasteiger partial charge in [-0.1, -0.05) is 48.5 Å². The summed E-state index contributed by atoms with van der Waals surface area (Å²) in [7, 11) is 1.59. The zero-order valence-electron chi connectivity index (χ0n) is 21.8. The van der Waals surface area contributed by atoms with Crippen molar-refractivity contribution in [3.63, 3.8) is 0 Å². The van der Waals surface area contributed by atoms with Crippen LogP contribution in [0.5, 0.6) is 5.75 Å². The number of hydrogen-bond donors (Lipinski definition) is 2. The van der Waals surface area contributed by atoms with Gasteiger partial charge in [0.25, 0.3) is 11.8 Å². The van der Waals surface area contributed by atoms with Crippen molar-refractivity contribution in [1.82, 2.24) is 10.3 Å². The Morgan fingerprint density at radius 3 is 2.29 bits per heavy atom. The van der Waals surface area contributed by atoms with Gasteiger partial charge in [0.2, 0.25) is 0 Å². The molecule has 6 nitrogen and oxygen atoms in total. The number of halogens is 3. The second-order valence-electron chi connectivity index (χ2n) is 9.24. The Morgan fingerprint density at radius 1 is 0.854 bits per heavy atom. The van der Waals surface area contributed by atoms with Gasteiger partial charge in [-0.25, -0.2) is 0 Å². The number of nitrogens with one attached hydrogen (secondary N) is 2. The number of rotatable bonds is 7. The number of carbonyl (C=O) groups is 2. The van der Waals surface area contributed by atoms with Crippen LogP contribution in [-0.2, 0) is 12.7 Å². The average Bonchev–Trinajstić information content (AvgIpc) is 2.99. The SMILES string of the molecule is COc1ccc(CNC(=O)c2cnc3cc(NC(=O)c4ccccc4-c4ccc(C(F)(F)F)cc4)ccc3c2)cc1. The molecule has 5 rings (SSSR count). The molecule has 206 valence electrons. The van der Waals surface area contributed by atoms with Crippen LogP contribution >= 0.6 is 0 Å². The number of nitrogens with zero attached hydrogens (tertiary/aromatic N) is 1. The van der Waals surface area contributed by atoms with E-state index in [-0.39, 0.29) is 5.91 Å². The number of aromatic nitrogens is 1. The predicted octanol–water partition coefficient (Wildman–Crippen LogP) is 7.11. The Labute approximate surface area is 233 Å². The number of hydrogen-bond acceptors (Lipinski definition) is 4. The first-order chi connectivity index (χ1) is 19.7. The number of ether oxygens (including phenoxy) is 1. The molecule has 0 saturated carbocycles. The van der Waals surface area contributed by atoms with Crippen LogP contribution in [0.3, 0.4) is 0 Å². The smallest absolute Gasteiger partial charge is 0.416 e. The molecule has 0 spiro atoms. The minimum Gasteiger partial charge on any atom is -0.497 e. The molecule has 1 aromatic heterocycles. The molecule has 0 aliphatic rings. The van der Waals surface area contributed by atoms with E-state index in [0.29, 0.717) is 45.4 Å². The highest BCUT2D eigenvalue weighted by molar-refractivity contribution is 6.09. The Hall–Kier alpha value is -5.18. The molecule has 0 aliphatic heterocycles. The van der Waals surface area contributed by atoms with E-state index in [2.05, 4.69) is 15.6 Å². The van der Waals surface area contributed by atoms with E-state index in [9.17, 15) is 22.8 Å². The largest absolute Gasteiger partial charge is 0.497 e. The summed E-state index contributed by atoms with van der Waals surface area (Å²) in [5.41, 5.74) is 2.92. The van der Waals surface area contributed by atoms with E-state index in [1.165, 1.54) is 18.3 Å². The summed E-state index contributed by atoms with van der Waals surface area (Å²) < 4.78 is 44.1. The standard InChI is InChI=1S/C32H24F3N3O3/c1-41-26-14-6-20(7-15-26)18-37-30(39)23-16-22-10-13-25(17-29(22)36-19-23)38-31(40)28-5-3-2-4-27(28)21-8-11-24(12-9-21)32(33,34)35/h2-17,19H,18H2,1H3,(H,37,39)(H,38,40). The van der Waals surface area contributed by atoms with Gasteiger partial charge >= 0.3 is 6.18 Å². The molecule has 0 saturated heterocycles. The fraction of sp³-hybridized carbons (Fsp3) is 0.0938. The van der Waals surface area contributed by atoms with Crippen molar-refractivity contribution in [3.8, 4) is 16.9 Å². The van der Waals surface area contributed by atoms with E-state index in [1.807, 2.05) is 24.3 Å². The molecule has 0 aliphatic carbocycles. The molecule has 9 heteroatoms. The Bertz CT molecular complexity index is 1720. The molecule has 0 fully saturated rings. The Morgan fingerprint density at radius 2 is 1.59 bits per heavy atom. The number of pyridine rings is 1. The first-order valence-electron chi connectivity index (χ1n) is 12.6. The van der Waals surface area contributed by atoms with Crippen LogP contribution in [0.15, 0.2) is 103 Å². The fourth-order valence-electron chi connectivity index (χ4n) is 4.32. The molecular weight excluding hydrogens is 531 g/mol. The second-order valence-corrected chi connectivity index (χ2v) is 9.24. The molecule has 4 aromatic carbocycles. The third-order valence-corrected chi connectivity index (χ3v) is 6.51. The third kappa shape index (κ3) is 6.36. The molecule has 0 atom stereocenters. The van der Waals surface area contributed by atoms with Crippen molar-refractivity contribution in [3.05, 3.63) is 126 Å². The van der Waals surface area contributed by atoms with Gasteiger partial charge in [0.15, 0.2) is 0 Å². The van der Waals surface area contributed by atoms with Gasteiger partial charge in [0.1, 0.15) is 5.75 Å². The monoisotopic (exact) mass is 555 g/mol. The van der Waals surface area contributed by atoms with E-state index in [0.717, 1.165) is 23.4 Å². The minimum atomic E-state index is -4.44. The van der Waals surface area contributed by atoms with Gasteiger partial charge in [-0.05, 0) is 65.2 Å². The van der Waals surface area contributed by atoms with E-state index in [1.54, 1.807) is 55.6 Å². The van der Waals surface area contributed by atoms with E-state index in [4.69, 9.17) is 4.74 Å².